The van der Waals surface area contributed by atoms with E-state index in [2.05, 4.69) is 80.5 Å². The maximum absolute atomic E-state index is 13.8. The Morgan fingerprint density at radius 2 is 1.74 bits per heavy atom. The number of nitrogens with zero attached hydrogens (tertiary/aromatic N) is 5. The summed E-state index contributed by atoms with van der Waals surface area (Å²) >= 11 is 6.43. The van der Waals surface area contributed by atoms with Crippen molar-refractivity contribution in [1.82, 2.24) is 14.4 Å². The summed E-state index contributed by atoms with van der Waals surface area (Å²) in [6.45, 7) is 11.5. The summed E-state index contributed by atoms with van der Waals surface area (Å²) in [6.07, 6.45) is 5.45. The van der Waals surface area contributed by atoms with E-state index in [-0.39, 0.29) is 11.9 Å². The van der Waals surface area contributed by atoms with Gasteiger partial charge in [0.1, 0.15) is 5.69 Å². The third-order valence-electron chi connectivity index (χ3n) is 8.83. The summed E-state index contributed by atoms with van der Waals surface area (Å²) in [5.41, 5.74) is 8.32. The lowest BCUT2D eigenvalue weighted by molar-refractivity contribution is 0.0664. The zero-order valence-corrected chi connectivity index (χ0v) is 24.0. The highest BCUT2D eigenvalue weighted by Crippen LogP contribution is 2.29. The van der Waals surface area contributed by atoms with Gasteiger partial charge in [-0.3, -0.25) is 9.69 Å². The van der Waals surface area contributed by atoms with Crippen LogP contribution in [0, 0.1) is 6.92 Å². The number of halogens is 1. The van der Waals surface area contributed by atoms with Crippen LogP contribution in [0.15, 0.2) is 54.6 Å². The summed E-state index contributed by atoms with van der Waals surface area (Å²) in [5.74, 6) is 0.140. The molecule has 3 aliphatic rings. The van der Waals surface area contributed by atoms with Gasteiger partial charge in [-0.2, -0.15) is 0 Å². The number of para-hydroxylation sites is 1. The second kappa shape index (κ2) is 10.7. The van der Waals surface area contributed by atoms with E-state index in [9.17, 15) is 4.79 Å². The molecule has 6 rings (SSSR count). The Morgan fingerprint density at radius 1 is 0.974 bits per heavy atom. The van der Waals surface area contributed by atoms with Crippen molar-refractivity contribution >= 4 is 35.0 Å². The molecule has 6 nitrogen and oxygen atoms in total. The number of rotatable bonds is 5. The van der Waals surface area contributed by atoms with E-state index in [4.69, 9.17) is 11.6 Å². The maximum atomic E-state index is 13.8. The first kappa shape index (κ1) is 26.0. The van der Waals surface area contributed by atoms with Gasteiger partial charge in [-0.1, -0.05) is 42.0 Å². The lowest BCUT2D eigenvalue weighted by Gasteiger charge is -2.41. The van der Waals surface area contributed by atoms with E-state index in [1.165, 1.54) is 28.1 Å². The molecule has 0 bridgehead atoms. The standard InChI is InChI=1S/C32H38ClN5O/c1-23-21-37(28-12-11-25-7-6-8-26(25)19-28)17-18-38(23)32(39)31-20-27(24(2)34(31)3)22-35-13-15-36(16-14-35)30-10-5-4-9-29(30)33/h4-7,9-12,19-20,23H,8,13-18,21-22H2,1-3H3/t23-/m0/s1. The number of hydrogen-bond acceptors (Lipinski definition) is 4. The molecule has 1 amide bonds. The third kappa shape index (κ3) is 5.08. The van der Waals surface area contributed by atoms with Crippen molar-refractivity contribution in [3.8, 4) is 0 Å². The topological polar surface area (TPSA) is 35.0 Å². The highest BCUT2D eigenvalue weighted by atomic mass is 35.5. The molecule has 2 fully saturated rings. The Labute approximate surface area is 237 Å². The average Bonchev–Trinajstić information content (AvgIpc) is 3.53. The van der Waals surface area contributed by atoms with Crippen LogP contribution in [-0.2, 0) is 20.0 Å². The fraction of sp³-hybridized carbons (Fsp3) is 0.406. The number of fused-ring (bicyclic) bond motifs is 1. The monoisotopic (exact) mass is 543 g/mol. The minimum Gasteiger partial charge on any atom is -0.368 e. The second-order valence-electron chi connectivity index (χ2n) is 11.2. The minimum atomic E-state index is 0.140. The molecule has 1 aromatic heterocycles. The quantitative estimate of drug-likeness (QED) is 0.441. The van der Waals surface area contributed by atoms with Gasteiger partial charge in [0.05, 0.1) is 10.7 Å². The first-order valence-corrected chi connectivity index (χ1v) is 14.5. The van der Waals surface area contributed by atoms with Gasteiger partial charge >= 0.3 is 0 Å². The van der Waals surface area contributed by atoms with Crippen molar-refractivity contribution in [3.05, 3.63) is 87.7 Å². The number of amides is 1. The molecule has 204 valence electrons. The Hall–Kier alpha value is -3.22. The molecule has 1 aliphatic carbocycles. The molecule has 7 heteroatoms. The molecular formula is C32H38ClN5O. The number of aromatic nitrogens is 1. The van der Waals surface area contributed by atoms with Gasteiger partial charge in [0.2, 0.25) is 0 Å². The van der Waals surface area contributed by atoms with E-state index in [0.29, 0.717) is 0 Å². The van der Waals surface area contributed by atoms with Crippen LogP contribution in [0.1, 0.15) is 39.8 Å². The van der Waals surface area contributed by atoms with E-state index in [1.54, 1.807) is 0 Å². The van der Waals surface area contributed by atoms with E-state index in [1.807, 2.05) is 25.2 Å². The molecule has 0 spiro atoms. The molecule has 2 aromatic carbocycles. The maximum Gasteiger partial charge on any atom is 0.270 e. The zero-order chi connectivity index (χ0) is 27.1. The zero-order valence-electron chi connectivity index (χ0n) is 23.2. The van der Waals surface area contributed by atoms with Crippen LogP contribution in [0.5, 0.6) is 0 Å². The van der Waals surface area contributed by atoms with Crippen molar-refractivity contribution in [2.24, 2.45) is 7.05 Å². The van der Waals surface area contributed by atoms with Crippen LogP contribution >= 0.6 is 11.6 Å². The first-order chi connectivity index (χ1) is 18.9. The predicted octanol–water partition coefficient (Wildman–Crippen LogP) is 5.23. The molecule has 0 radical (unpaired) electrons. The number of anilines is 2. The molecule has 39 heavy (non-hydrogen) atoms. The molecule has 0 N–H and O–H groups in total. The molecule has 0 unspecified atom stereocenters. The molecule has 0 saturated carbocycles. The van der Waals surface area contributed by atoms with Crippen LogP contribution in [-0.4, -0.2) is 72.1 Å². The van der Waals surface area contributed by atoms with Gasteiger partial charge < -0.3 is 19.3 Å². The third-order valence-corrected chi connectivity index (χ3v) is 9.15. The largest absolute Gasteiger partial charge is 0.368 e. The molecule has 1 atom stereocenters. The summed E-state index contributed by atoms with van der Waals surface area (Å²) in [6, 6.07) is 17.1. The van der Waals surface area contributed by atoms with Crippen LogP contribution in [0.25, 0.3) is 6.08 Å². The molecule has 2 saturated heterocycles. The Bertz CT molecular complexity index is 1400. The smallest absolute Gasteiger partial charge is 0.270 e. The lowest BCUT2D eigenvalue weighted by atomic mass is 10.1. The fourth-order valence-corrected chi connectivity index (χ4v) is 6.56. The summed E-state index contributed by atoms with van der Waals surface area (Å²) in [5, 5.41) is 0.813. The fourth-order valence-electron chi connectivity index (χ4n) is 6.31. The van der Waals surface area contributed by atoms with Gasteiger partial charge in [-0.15, -0.1) is 0 Å². The van der Waals surface area contributed by atoms with Gasteiger partial charge in [0.15, 0.2) is 0 Å². The van der Waals surface area contributed by atoms with Gasteiger partial charge in [-0.25, -0.2) is 0 Å². The highest BCUT2D eigenvalue weighted by molar-refractivity contribution is 6.33. The molecular weight excluding hydrogens is 506 g/mol. The summed E-state index contributed by atoms with van der Waals surface area (Å²) < 4.78 is 2.09. The van der Waals surface area contributed by atoms with E-state index < -0.39 is 0 Å². The number of benzene rings is 2. The number of hydrogen-bond donors (Lipinski definition) is 0. The Morgan fingerprint density at radius 3 is 2.51 bits per heavy atom. The van der Waals surface area contributed by atoms with Crippen molar-refractivity contribution in [1.29, 1.82) is 0 Å². The predicted molar refractivity (Wildman–Crippen MR) is 161 cm³/mol. The number of carbonyl (C=O) groups is 1. The summed E-state index contributed by atoms with van der Waals surface area (Å²) in [4.78, 5) is 23.1. The first-order valence-electron chi connectivity index (χ1n) is 14.1. The van der Waals surface area contributed by atoms with Crippen LogP contribution in [0.4, 0.5) is 11.4 Å². The second-order valence-corrected chi connectivity index (χ2v) is 11.6. The Balaban J connectivity index is 1.09. The van der Waals surface area contributed by atoms with Crippen molar-refractivity contribution < 1.29 is 4.79 Å². The van der Waals surface area contributed by atoms with Gasteiger partial charge in [-0.05, 0) is 67.3 Å². The number of carbonyl (C=O) groups excluding carboxylic acids is 1. The summed E-state index contributed by atoms with van der Waals surface area (Å²) in [7, 11) is 2.03. The lowest BCUT2D eigenvalue weighted by Crippen LogP contribution is -2.54. The number of allylic oxidation sites excluding steroid dienone is 1. The van der Waals surface area contributed by atoms with E-state index >= 15 is 0 Å². The molecule has 2 aliphatic heterocycles. The van der Waals surface area contributed by atoms with Crippen LogP contribution in [0.2, 0.25) is 5.02 Å². The van der Waals surface area contributed by atoms with Gasteiger partial charge in [0.25, 0.3) is 5.91 Å². The average molecular weight is 544 g/mol. The number of piperazine rings is 2. The highest BCUT2D eigenvalue weighted by Gasteiger charge is 2.31. The van der Waals surface area contributed by atoms with Crippen molar-refractivity contribution in [2.45, 2.75) is 32.9 Å². The van der Waals surface area contributed by atoms with Crippen LogP contribution in [0.3, 0.4) is 0 Å². The van der Waals surface area contributed by atoms with Gasteiger partial charge in [0, 0.05) is 76.8 Å². The van der Waals surface area contributed by atoms with E-state index in [0.717, 1.165) is 75.2 Å². The minimum absolute atomic E-state index is 0.140. The molecule has 3 heterocycles. The normalized spacial score (nSPS) is 19.6. The SMILES string of the molecule is Cc1c(CN2CCN(c3ccccc3Cl)CC2)cc(C(=O)N2CCN(c3ccc4c(c3)CC=C4)C[C@@H]2C)n1C. The molecule has 3 aromatic rings. The van der Waals surface area contributed by atoms with Crippen molar-refractivity contribution in [2.75, 3.05) is 55.6 Å². The van der Waals surface area contributed by atoms with Crippen molar-refractivity contribution in [3.63, 3.8) is 0 Å². The van der Waals surface area contributed by atoms with Crippen LogP contribution < -0.4 is 9.80 Å². The Kier molecular flexibility index (Phi) is 7.17.